The summed E-state index contributed by atoms with van der Waals surface area (Å²) in [4.78, 5) is 4.88. The van der Waals surface area contributed by atoms with E-state index in [1.165, 1.54) is 16.7 Å². The van der Waals surface area contributed by atoms with Gasteiger partial charge in [0, 0.05) is 13.8 Å². The SMILES string of the molecule is C[Si](C)(C)CCC(=Nc1ccccc1)SCc1ccccc1. The molecule has 0 heterocycles. The van der Waals surface area contributed by atoms with Gasteiger partial charge >= 0.3 is 0 Å². The van der Waals surface area contributed by atoms with Gasteiger partial charge in [0.1, 0.15) is 0 Å². The summed E-state index contributed by atoms with van der Waals surface area (Å²) in [5.41, 5.74) is 2.43. The molecule has 1 nitrogen and oxygen atoms in total. The van der Waals surface area contributed by atoms with E-state index in [0.29, 0.717) is 0 Å². The number of hydrogen-bond donors (Lipinski definition) is 0. The molecule has 0 radical (unpaired) electrons. The molecule has 0 fully saturated rings. The lowest BCUT2D eigenvalue weighted by Gasteiger charge is -2.16. The largest absolute Gasteiger partial charge is 0.247 e. The highest BCUT2D eigenvalue weighted by Crippen LogP contribution is 2.23. The molecule has 0 aromatic heterocycles. The molecule has 0 atom stereocenters. The molecule has 0 aliphatic rings. The fraction of sp³-hybridized carbons (Fsp3) is 0.316. The molecule has 0 saturated heterocycles. The quantitative estimate of drug-likeness (QED) is 0.341. The molecule has 2 aromatic carbocycles. The molecule has 22 heavy (non-hydrogen) atoms. The summed E-state index contributed by atoms with van der Waals surface area (Å²) in [6.45, 7) is 7.28. The highest BCUT2D eigenvalue weighted by Gasteiger charge is 2.14. The van der Waals surface area contributed by atoms with Crippen LogP contribution < -0.4 is 0 Å². The van der Waals surface area contributed by atoms with Crippen LogP contribution in [0.5, 0.6) is 0 Å². The molecule has 3 heteroatoms. The maximum atomic E-state index is 4.88. The van der Waals surface area contributed by atoms with Gasteiger partial charge in [-0.15, -0.1) is 11.8 Å². The lowest BCUT2D eigenvalue weighted by molar-refractivity contribution is 1.22. The number of thioether (sulfide) groups is 1. The summed E-state index contributed by atoms with van der Waals surface area (Å²) in [6, 6.07) is 22.2. The van der Waals surface area contributed by atoms with Crippen LogP contribution >= 0.6 is 11.8 Å². The van der Waals surface area contributed by atoms with E-state index < -0.39 is 8.07 Å². The van der Waals surface area contributed by atoms with E-state index in [2.05, 4.69) is 74.2 Å². The van der Waals surface area contributed by atoms with E-state index in [-0.39, 0.29) is 0 Å². The first-order valence-corrected chi connectivity index (χ1v) is 12.5. The summed E-state index contributed by atoms with van der Waals surface area (Å²) in [7, 11) is -1.04. The molecule has 0 aliphatic carbocycles. The number of benzene rings is 2. The van der Waals surface area contributed by atoms with Crippen molar-refractivity contribution in [2.45, 2.75) is 37.9 Å². The summed E-state index contributed by atoms with van der Waals surface area (Å²) in [6.07, 6.45) is 1.10. The molecule has 0 amide bonds. The highest BCUT2D eigenvalue weighted by atomic mass is 32.2. The molecule has 0 unspecified atom stereocenters. The van der Waals surface area contributed by atoms with Crippen LogP contribution in [0.15, 0.2) is 65.7 Å². The van der Waals surface area contributed by atoms with Crippen LogP contribution in [-0.2, 0) is 5.75 Å². The van der Waals surface area contributed by atoms with Crippen LogP contribution in [0.1, 0.15) is 12.0 Å². The van der Waals surface area contributed by atoms with Crippen LogP contribution in [0, 0.1) is 0 Å². The summed E-state index contributed by atoms with van der Waals surface area (Å²) < 4.78 is 0. The highest BCUT2D eigenvalue weighted by molar-refractivity contribution is 8.13. The zero-order valence-corrected chi connectivity index (χ0v) is 15.6. The second kappa shape index (κ2) is 8.35. The van der Waals surface area contributed by atoms with Crippen molar-refractivity contribution in [2.24, 2.45) is 4.99 Å². The van der Waals surface area contributed by atoms with E-state index in [9.17, 15) is 0 Å². The molecule has 116 valence electrons. The minimum atomic E-state index is -1.04. The van der Waals surface area contributed by atoms with Gasteiger partial charge in [0.15, 0.2) is 0 Å². The second-order valence-corrected chi connectivity index (χ2v) is 13.3. The number of aliphatic imine (C=N–C) groups is 1. The third kappa shape index (κ3) is 6.63. The molecule has 0 spiro atoms. The van der Waals surface area contributed by atoms with Crippen molar-refractivity contribution in [1.82, 2.24) is 0 Å². The van der Waals surface area contributed by atoms with Crippen molar-refractivity contribution in [2.75, 3.05) is 0 Å². The van der Waals surface area contributed by atoms with Gasteiger partial charge in [-0.2, -0.15) is 0 Å². The third-order valence-corrected chi connectivity index (χ3v) is 6.20. The van der Waals surface area contributed by atoms with Crippen molar-refractivity contribution in [3.8, 4) is 0 Å². The molecule has 0 N–H and O–H groups in total. The van der Waals surface area contributed by atoms with E-state index in [0.717, 1.165) is 17.9 Å². The molecular weight excluding hydrogens is 302 g/mol. The Hall–Kier alpha value is -1.32. The molecular formula is C19H25NSSi. The van der Waals surface area contributed by atoms with Crippen LogP contribution in [0.25, 0.3) is 0 Å². The minimum Gasteiger partial charge on any atom is -0.247 e. The molecule has 0 saturated carbocycles. The normalized spacial score (nSPS) is 12.4. The van der Waals surface area contributed by atoms with Gasteiger partial charge in [0.25, 0.3) is 0 Å². The standard InChI is InChI=1S/C19H25NSSi/c1-22(2,3)15-14-19(20-18-12-8-5-9-13-18)21-16-17-10-6-4-7-11-17/h4-13H,14-16H2,1-3H3. The topological polar surface area (TPSA) is 12.4 Å². The number of rotatable bonds is 6. The van der Waals surface area contributed by atoms with Gasteiger partial charge in [-0.25, -0.2) is 4.99 Å². The van der Waals surface area contributed by atoms with Gasteiger partial charge in [-0.05, 0) is 24.1 Å². The average molecular weight is 328 g/mol. The number of hydrogen-bond acceptors (Lipinski definition) is 2. The lowest BCUT2D eigenvalue weighted by Crippen LogP contribution is -2.20. The van der Waals surface area contributed by atoms with E-state index in [1.807, 2.05) is 17.8 Å². The van der Waals surface area contributed by atoms with Crippen LogP contribution in [0.3, 0.4) is 0 Å². The zero-order valence-electron chi connectivity index (χ0n) is 13.8. The first-order valence-electron chi connectivity index (χ1n) is 7.82. The Morgan fingerprint density at radius 3 is 2.09 bits per heavy atom. The Bertz CT molecular complexity index is 588. The number of para-hydroxylation sites is 1. The third-order valence-electron chi connectivity index (χ3n) is 3.35. The van der Waals surface area contributed by atoms with Crippen molar-refractivity contribution in [3.63, 3.8) is 0 Å². The van der Waals surface area contributed by atoms with Gasteiger partial charge in [-0.1, -0.05) is 74.2 Å². The smallest absolute Gasteiger partial charge is 0.0739 e. The lowest BCUT2D eigenvalue weighted by atomic mass is 10.2. The Morgan fingerprint density at radius 1 is 0.909 bits per heavy atom. The van der Waals surface area contributed by atoms with E-state index in [1.54, 1.807) is 0 Å². The zero-order chi connectivity index (χ0) is 15.8. The van der Waals surface area contributed by atoms with Crippen molar-refractivity contribution >= 4 is 30.6 Å². The van der Waals surface area contributed by atoms with Gasteiger partial charge < -0.3 is 0 Å². The maximum Gasteiger partial charge on any atom is 0.0739 e. The Kier molecular flexibility index (Phi) is 6.46. The van der Waals surface area contributed by atoms with Gasteiger partial charge in [-0.3, -0.25) is 0 Å². The van der Waals surface area contributed by atoms with Crippen molar-refractivity contribution in [1.29, 1.82) is 0 Å². The average Bonchev–Trinajstić information content (AvgIpc) is 2.51. The Morgan fingerprint density at radius 2 is 1.50 bits per heavy atom. The van der Waals surface area contributed by atoms with E-state index in [4.69, 9.17) is 4.99 Å². The minimum absolute atomic E-state index is 0.998. The van der Waals surface area contributed by atoms with Crippen LogP contribution in [0.2, 0.25) is 25.7 Å². The first-order chi connectivity index (χ1) is 10.5. The van der Waals surface area contributed by atoms with Crippen LogP contribution in [0.4, 0.5) is 5.69 Å². The van der Waals surface area contributed by atoms with Crippen LogP contribution in [-0.4, -0.2) is 13.1 Å². The first kappa shape index (κ1) is 17.0. The maximum absolute atomic E-state index is 4.88. The predicted octanol–water partition coefficient (Wildman–Crippen LogP) is 6.38. The summed E-state index contributed by atoms with van der Waals surface area (Å²) >= 11 is 1.88. The van der Waals surface area contributed by atoms with Crippen molar-refractivity contribution in [3.05, 3.63) is 66.2 Å². The second-order valence-electron chi connectivity index (χ2n) is 6.68. The molecule has 0 bridgehead atoms. The Labute approximate surface area is 139 Å². The van der Waals surface area contributed by atoms with E-state index >= 15 is 0 Å². The molecule has 2 rings (SSSR count). The predicted molar refractivity (Wildman–Crippen MR) is 104 cm³/mol. The Balaban J connectivity index is 2.06. The van der Waals surface area contributed by atoms with Crippen molar-refractivity contribution < 1.29 is 0 Å². The number of nitrogens with zero attached hydrogens (tertiary/aromatic N) is 1. The van der Waals surface area contributed by atoms with Gasteiger partial charge in [0.2, 0.25) is 0 Å². The molecule has 0 aliphatic heterocycles. The monoisotopic (exact) mass is 327 g/mol. The summed E-state index contributed by atoms with van der Waals surface area (Å²) in [5.74, 6) is 0.998. The fourth-order valence-electron chi connectivity index (χ4n) is 2.03. The molecule has 2 aromatic rings. The van der Waals surface area contributed by atoms with Gasteiger partial charge in [0.05, 0.1) is 10.7 Å². The summed E-state index contributed by atoms with van der Waals surface area (Å²) in [5, 5.41) is 1.26. The fourth-order valence-corrected chi connectivity index (χ4v) is 4.14.